The summed E-state index contributed by atoms with van der Waals surface area (Å²) < 4.78 is 13.4. The Bertz CT molecular complexity index is 1830. The molecule has 2 aliphatic rings. The monoisotopic (exact) mass is 657 g/mol. The Hall–Kier alpha value is -4.51. The Balaban J connectivity index is 1.01. The van der Waals surface area contributed by atoms with Gasteiger partial charge in [0, 0.05) is 57.3 Å². The predicted octanol–water partition coefficient (Wildman–Crippen LogP) is 5.66. The molecule has 0 bridgehead atoms. The van der Waals surface area contributed by atoms with Crippen molar-refractivity contribution in [2.45, 2.75) is 45.1 Å². The average molecular weight is 658 g/mol. The fraction of sp³-hybridized carbons (Fsp3) is 0.325. The first-order valence-electron chi connectivity index (χ1n) is 17.1. The number of amides is 1. The molecule has 49 heavy (non-hydrogen) atoms. The zero-order valence-corrected chi connectivity index (χ0v) is 27.8. The molecule has 2 aliphatic heterocycles. The van der Waals surface area contributed by atoms with Gasteiger partial charge >= 0.3 is 0 Å². The number of carbonyl (C=O) groups is 1. The zero-order chi connectivity index (χ0) is 33.6. The van der Waals surface area contributed by atoms with Crippen LogP contribution < -0.4 is 5.32 Å². The second-order valence-electron chi connectivity index (χ2n) is 13.1. The first-order chi connectivity index (χ1) is 24.0. The Morgan fingerprint density at radius 2 is 1.43 bits per heavy atom. The van der Waals surface area contributed by atoms with Crippen LogP contribution in [0, 0.1) is 5.92 Å². The minimum absolute atomic E-state index is 0.00836. The van der Waals surface area contributed by atoms with E-state index in [1.165, 1.54) is 11.8 Å². The van der Waals surface area contributed by atoms with E-state index in [-0.39, 0.29) is 36.3 Å². The standard InChI is InChI=1S/C40H43N5O4/c1-28-37(26-45-21-19-44(20-22-45)25-30-7-3-2-4-8-30)48-40(49-38(28)32-15-13-31(27-46)14-16-32)33-17-11-29(12-18-33)23-42-39(47)36-24-41-34-9-5-6-10-35(34)43-36/h2-18,24,28,37-38,40,46H,19-23,25-27H2,1H3,(H,42,47)/t28-,37+,38+,40+/m0/s1. The van der Waals surface area contributed by atoms with Crippen LogP contribution in [0.5, 0.6) is 0 Å². The molecule has 5 aromatic rings. The number of aliphatic hydroxyl groups is 1. The summed E-state index contributed by atoms with van der Waals surface area (Å²) in [5.41, 5.74) is 6.91. The highest BCUT2D eigenvalue weighted by Crippen LogP contribution is 2.42. The number of rotatable bonds is 10. The highest BCUT2D eigenvalue weighted by atomic mass is 16.7. The molecular formula is C40H43N5O4. The molecule has 1 aromatic heterocycles. The van der Waals surface area contributed by atoms with Crippen LogP contribution in [0.1, 0.15) is 57.6 Å². The second-order valence-corrected chi connectivity index (χ2v) is 13.1. The summed E-state index contributed by atoms with van der Waals surface area (Å²) in [5.74, 6) is -0.152. The number of fused-ring (bicyclic) bond motifs is 1. The quantitative estimate of drug-likeness (QED) is 0.199. The molecule has 7 rings (SSSR count). The van der Waals surface area contributed by atoms with Crippen molar-refractivity contribution in [1.29, 1.82) is 0 Å². The van der Waals surface area contributed by atoms with E-state index in [1.807, 2.05) is 60.7 Å². The number of hydrogen-bond donors (Lipinski definition) is 2. The number of nitrogens with one attached hydrogen (secondary N) is 1. The summed E-state index contributed by atoms with van der Waals surface area (Å²) >= 11 is 0. The molecule has 3 heterocycles. The normalized spacial score (nSPS) is 21.8. The highest BCUT2D eigenvalue weighted by Gasteiger charge is 2.39. The predicted molar refractivity (Wildman–Crippen MR) is 188 cm³/mol. The lowest BCUT2D eigenvalue weighted by molar-refractivity contribution is -0.276. The molecule has 4 atom stereocenters. The molecular weight excluding hydrogens is 614 g/mol. The van der Waals surface area contributed by atoms with Crippen LogP contribution in [0.2, 0.25) is 0 Å². The molecule has 0 spiro atoms. The van der Waals surface area contributed by atoms with E-state index >= 15 is 0 Å². The van der Waals surface area contributed by atoms with E-state index in [0.717, 1.165) is 67.0 Å². The van der Waals surface area contributed by atoms with Crippen molar-refractivity contribution < 1.29 is 19.4 Å². The Morgan fingerprint density at radius 1 is 0.776 bits per heavy atom. The van der Waals surface area contributed by atoms with Crippen LogP contribution in [0.15, 0.2) is 109 Å². The van der Waals surface area contributed by atoms with Gasteiger partial charge in [-0.15, -0.1) is 0 Å². The number of nitrogens with zero attached hydrogens (tertiary/aromatic N) is 4. The zero-order valence-electron chi connectivity index (χ0n) is 27.8. The van der Waals surface area contributed by atoms with Crippen LogP contribution in [0.25, 0.3) is 11.0 Å². The molecule has 0 saturated carbocycles. The minimum Gasteiger partial charge on any atom is -0.392 e. The van der Waals surface area contributed by atoms with Crippen molar-refractivity contribution in [1.82, 2.24) is 25.1 Å². The Labute approximate surface area is 287 Å². The molecule has 4 aromatic carbocycles. The molecule has 2 saturated heterocycles. The van der Waals surface area contributed by atoms with Gasteiger partial charge in [0.2, 0.25) is 0 Å². The third-order valence-corrected chi connectivity index (χ3v) is 9.66. The number of carbonyl (C=O) groups excluding carboxylic acids is 1. The summed E-state index contributed by atoms with van der Waals surface area (Å²) in [4.78, 5) is 26.7. The molecule has 252 valence electrons. The molecule has 9 nitrogen and oxygen atoms in total. The van der Waals surface area contributed by atoms with Crippen molar-refractivity contribution in [2.75, 3.05) is 32.7 Å². The number of aliphatic hydroxyl groups excluding tert-OH is 1. The lowest BCUT2D eigenvalue weighted by Crippen LogP contribution is -2.51. The van der Waals surface area contributed by atoms with E-state index in [4.69, 9.17) is 9.47 Å². The number of hydrogen-bond acceptors (Lipinski definition) is 8. The van der Waals surface area contributed by atoms with Crippen molar-refractivity contribution >= 4 is 16.9 Å². The first kappa shape index (κ1) is 33.0. The fourth-order valence-electron chi connectivity index (χ4n) is 6.69. The maximum atomic E-state index is 12.8. The maximum Gasteiger partial charge on any atom is 0.271 e. The molecule has 0 aliphatic carbocycles. The van der Waals surface area contributed by atoms with Gasteiger partial charge in [0.25, 0.3) is 5.91 Å². The van der Waals surface area contributed by atoms with E-state index in [9.17, 15) is 9.90 Å². The topological polar surface area (TPSA) is 100 Å². The lowest BCUT2D eigenvalue weighted by atomic mass is 9.90. The average Bonchev–Trinajstić information content (AvgIpc) is 3.16. The number of ether oxygens (including phenoxy) is 2. The van der Waals surface area contributed by atoms with Gasteiger partial charge in [-0.3, -0.25) is 19.6 Å². The van der Waals surface area contributed by atoms with Crippen molar-refractivity contribution in [3.8, 4) is 0 Å². The van der Waals surface area contributed by atoms with Crippen LogP contribution in [0.4, 0.5) is 0 Å². The summed E-state index contributed by atoms with van der Waals surface area (Å²) in [6.45, 7) is 8.41. The van der Waals surface area contributed by atoms with Crippen molar-refractivity contribution in [2.24, 2.45) is 5.92 Å². The van der Waals surface area contributed by atoms with Gasteiger partial charge in [-0.1, -0.05) is 97.9 Å². The van der Waals surface area contributed by atoms with Crippen LogP contribution in [-0.2, 0) is 29.2 Å². The van der Waals surface area contributed by atoms with Gasteiger partial charge in [0.1, 0.15) is 5.69 Å². The third-order valence-electron chi connectivity index (χ3n) is 9.66. The van der Waals surface area contributed by atoms with Gasteiger partial charge in [-0.05, 0) is 34.4 Å². The molecule has 0 unspecified atom stereocenters. The molecule has 1 amide bonds. The maximum absolute atomic E-state index is 12.8. The summed E-state index contributed by atoms with van der Waals surface area (Å²) in [5, 5.41) is 12.6. The summed E-state index contributed by atoms with van der Waals surface area (Å²) in [6.07, 6.45) is 0.760. The van der Waals surface area contributed by atoms with Gasteiger partial charge in [0.05, 0.1) is 36.0 Å². The molecule has 9 heteroatoms. The van der Waals surface area contributed by atoms with Crippen LogP contribution in [-0.4, -0.2) is 69.6 Å². The van der Waals surface area contributed by atoms with Crippen molar-refractivity contribution in [3.63, 3.8) is 0 Å². The fourth-order valence-corrected chi connectivity index (χ4v) is 6.69. The number of piperazine rings is 1. The summed E-state index contributed by atoms with van der Waals surface area (Å²) in [7, 11) is 0. The number of benzene rings is 4. The Morgan fingerprint density at radius 3 is 2.16 bits per heavy atom. The summed E-state index contributed by atoms with van der Waals surface area (Å²) in [6, 6.07) is 34.2. The van der Waals surface area contributed by atoms with Crippen LogP contribution >= 0.6 is 0 Å². The van der Waals surface area contributed by atoms with Crippen LogP contribution in [0.3, 0.4) is 0 Å². The smallest absolute Gasteiger partial charge is 0.271 e. The number of para-hydroxylation sites is 2. The van der Waals surface area contributed by atoms with Gasteiger partial charge in [-0.2, -0.15) is 0 Å². The highest BCUT2D eigenvalue weighted by molar-refractivity contribution is 5.93. The van der Waals surface area contributed by atoms with E-state index in [2.05, 4.69) is 74.5 Å². The molecule has 0 radical (unpaired) electrons. The molecule has 2 N–H and O–H groups in total. The largest absolute Gasteiger partial charge is 0.392 e. The van der Waals surface area contributed by atoms with E-state index in [0.29, 0.717) is 12.1 Å². The SMILES string of the molecule is C[C@H]1[C@@H](CN2CCN(Cc3ccccc3)CC2)O[C@@H](c2ccc(CNC(=O)c3cnc4ccccc4n3)cc2)O[C@H]1c1ccc(CO)cc1. The van der Waals surface area contributed by atoms with E-state index in [1.54, 1.807) is 0 Å². The van der Waals surface area contributed by atoms with Crippen molar-refractivity contribution in [3.05, 3.63) is 143 Å². The number of aromatic nitrogens is 2. The van der Waals surface area contributed by atoms with Gasteiger partial charge in [-0.25, -0.2) is 4.98 Å². The molecule has 2 fully saturated rings. The van der Waals surface area contributed by atoms with E-state index < -0.39 is 6.29 Å². The minimum atomic E-state index is -0.542. The lowest BCUT2D eigenvalue weighted by Gasteiger charge is -2.44. The Kier molecular flexibility index (Phi) is 10.3. The van der Waals surface area contributed by atoms with Gasteiger partial charge in [0.15, 0.2) is 6.29 Å². The first-order valence-corrected chi connectivity index (χ1v) is 17.1. The van der Waals surface area contributed by atoms with Gasteiger partial charge < -0.3 is 19.9 Å². The third kappa shape index (κ3) is 8.04. The second kappa shape index (κ2) is 15.4.